The molecule has 1 heterocycles. The normalized spacial score (nSPS) is 10.5. The summed E-state index contributed by atoms with van der Waals surface area (Å²) >= 11 is 12.0. The maximum absolute atomic E-state index is 11.6. The lowest BCUT2D eigenvalue weighted by Gasteiger charge is -2.10. The molecular formula is C16H19Cl2N5O. The molecule has 0 bridgehead atoms. The predicted octanol–water partition coefficient (Wildman–Crippen LogP) is 3.97. The van der Waals surface area contributed by atoms with Gasteiger partial charge >= 0.3 is 6.03 Å². The van der Waals surface area contributed by atoms with E-state index in [4.69, 9.17) is 23.2 Å². The molecule has 3 N–H and O–H groups in total. The molecule has 0 unspecified atom stereocenters. The first-order chi connectivity index (χ1) is 11.4. The van der Waals surface area contributed by atoms with Crippen molar-refractivity contribution in [2.75, 3.05) is 17.2 Å². The van der Waals surface area contributed by atoms with Crippen LogP contribution in [0, 0.1) is 0 Å². The van der Waals surface area contributed by atoms with E-state index < -0.39 is 0 Å². The average Bonchev–Trinajstić information content (AvgIpc) is 2.50. The number of hydrogen-bond donors (Lipinski definition) is 3. The van der Waals surface area contributed by atoms with Crippen LogP contribution in [-0.4, -0.2) is 28.8 Å². The monoisotopic (exact) mass is 367 g/mol. The lowest BCUT2D eigenvalue weighted by molar-refractivity contribution is 0.250. The second kappa shape index (κ2) is 8.70. The van der Waals surface area contributed by atoms with Crippen molar-refractivity contribution >= 4 is 40.9 Å². The number of benzene rings is 1. The molecule has 6 nitrogen and oxygen atoms in total. The van der Waals surface area contributed by atoms with Crippen LogP contribution in [0.1, 0.15) is 19.4 Å². The van der Waals surface area contributed by atoms with Gasteiger partial charge in [0, 0.05) is 22.6 Å². The number of aromatic nitrogens is 2. The summed E-state index contributed by atoms with van der Waals surface area (Å²) in [5.74, 6) is 1.01. The molecule has 0 atom stereocenters. The Kier molecular flexibility index (Phi) is 6.63. The summed E-state index contributed by atoms with van der Waals surface area (Å²) in [4.78, 5) is 11.6. The Labute approximate surface area is 151 Å². The van der Waals surface area contributed by atoms with Crippen LogP contribution in [0.25, 0.3) is 0 Å². The van der Waals surface area contributed by atoms with E-state index >= 15 is 0 Å². The van der Waals surface area contributed by atoms with Gasteiger partial charge in [0.2, 0.25) is 0 Å². The number of hydrogen-bond acceptors (Lipinski definition) is 4. The summed E-state index contributed by atoms with van der Waals surface area (Å²) in [5, 5.41) is 17.7. The lowest BCUT2D eigenvalue weighted by Crippen LogP contribution is -2.34. The van der Waals surface area contributed by atoms with Gasteiger partial charge in [-0.1, -0.05) is 29.3 Å². The number of nitrogens with one attached hydrogen (secondary N) is 3. The molecule has 2 amide bonds. The van der Waals surface area contributed by atoms with Crippen LogP contribution in [0.15, 0.2) is 30.3 Å². The average molecular weight is 368 g/mol. The molecule has 128 valence electrons. The summed E-state index contributed by atoms with van der Waals surface area (Å²) in [6.45, 7) is 4.41. The highest BCUT2D eigenvalue weighted by Gasteiger charge is 2.05. The summed E-state index contributed by atoms with van der Waals surface area (Å²) in [7, 11) is 0. The van der Waals surface area contributed by atoms with Crippen LogP contribution < -0.4 is 16.0 Å². The van der Waals surface area contributed by atoms with E-state index in [1.165, 1.54) is 0 Å². The second-order valence-electron chi connectivity index (χ2n) is 5.47. The van der Waals surface area contributed by atoms with E-state index in [-0.39, 0.29) is 12.1 Å². The summed E-state index contributed by atoms with van der Waals surface area (Å²) < 4.78 is 0. The smallest absolute Gasteiger partial charge is 0.320 e. The van der Waals surface area contributed by atoms with Crippen molar-refractivity contribution in [3.05, 3.63) is 45.9 Å². The van der Waals surface area contributed by atoms with Crippen LogP contribution in [0.2, 0.25) is 10.0 Å². The van der Waals surface area contributed by atoms with Crippen LogP contribution >= 0.6 is 23.2 Å². The third-order valence-electron chi connectivity index (χ3n) is 3.04. The number of halogens is 2. The van der Waals surface area contributed by atoms with Crippen LogP contribution in [0.4, 0.5) is 16.4 Å². The van der Waals surface area contributed by atoms with Gasteiger partial charge < -0.3 is 10.6 Å². The maximum atomic E-state index is 11.6. The largest absolute Gasteiger partial charge is 0.368 e. The Morgan fingerprint density at radius 1 is 1.12 bits per heavy atom. The highest BCUT2D eigenvalue weighted by Crippen LogP contribution is 2.21. The fourth-order valence-corrected chi connectivity index (χ4v) is 2.46. The topological polar surface area (TPSA) is 78.9 Å². The number of carbonyl (C=O) groups is 1. The number of carbonyl (C=O) groups excluding carboxylic acids is 1. The van der Waals surface area contributed by atoms with Gasteiger partial charge in [0.25, 0.3) is 0 Å². The maximum Gasteiger partial charge on any atom is 0.320 e. The number of rotatable bonds is 6. The number of nitrogens with zero attached hydrogens (tertiary/aromatic N) is 2. The highest BCUT2D eigenvalue weighted by molar-refractivity contribution is 6.35. The predicted molar refractivity (Wildman–Crippen MR) is 98.0 cm³/mol. The van der Waals surface area contributed by atoms with Crippen LogP contribution in [0.5, 0.6) is 0 Å². The van der Waals surface area contributed by atoms with E-state index in [0.717, 1.165) is 12.0 Å². The second-order valence-corrected chi connectivity index (χ2v) is 6.31. The van der Waals surface area contributed by atoms with E-state index in [0.29, 0.717) is 28.2 Å². The minimum absolute atomic E-state index is 0.0543. The van der Waals surface area contributed by atoms with E-state index in [1.54, 1.807) is 18.2 Å². The van der Waals surface area contributed by atoms with Gasteiger partial charge in [-0.2, -0.15) is 0 Å². The number of urea groups is 1. The van der Waals surface area contributed by atoms with Crippen molar-refractivity contribution < 1.29 is 4.79 Å². The molecular weight excluding hydrogens is 349 g/mol. The van der Waals surface area contributed by atoms with Crippen molar-refractivity contribution in [2.24, 2.45) is 0 Å². The van der Waals surface area contributed by atoms with Gasteiger partial charge in [-0.25, -0.2) is 4.79 Å². The Morgan fingerprint density at radius 3 is 2.46 bits per heavy atom. The van der Waals surface area contributed by atoms with Gasteiger partial charge in [-0.05, 0) is 50.1 Å². The van der Waals surface area contributed by atoms with E-state index in [1.807, 2.05) is 26.0 Å². The molecule has 0 aliphatic heterocycles. The zero-order valence-corrected chi connectivity index (χ0v) is 14.9. The standard InChI is InChI=1S/C16H19Cl2N5O/c1-10(2)20-16(24)21-15-6-5-14(22-23-15)19-8-7-11-3-4-12(17)9-13(11)18/h3-6,9-10H,7-8H2,1-2H3,(H,19,22)(H2,20,21,23,24). The summed E-state index contributed by atoms with van der Waals surface area (Å²) in [6, 6.07) is 8.62. The molecule has 1 aromatic carbocycles. The van der Waals surface area contributed by atoms with Crippen molar-refractivity contribution in [3.63, 3.8) is 0 Å². The molecule has 2 rings (SSSR count). The van der Waals surface area contributed by atoms with Gasteiger partial charge in [0.15, 0.2) is 5.82 Å². The minimum atomic E-state index is -0.308. The van der Waals surface area contributed by atoms with Crippen molar-refractivity contribution in [2.45, 2.75) is 26.3 Å². The Morgan fingerprint density at radius 2 is 1.83 bits per heavy atom. The third-order valence-corrected chi connectivity index (χ3v) is 3.63. The summed E-state index contributed by atoms with van der Waals surface area (Å²) in [6.07, 6.45) is 0.731. The molecule has 1 aromatic heterocycles. The highest BCUT2D eigenvalue weighted by atomic mass is 35.5. The van der Waals surface area contributed by atoms with Crippen LogP contribution in [0.3, 0.4) is 0 Å². The Bertz CT molecular complexity index is 691. The van der Waals surface area contributed by atoms with Gasteiger partial charge in [0.1, 0.15) is 5.82 Å². The van der Waals surface area contributed by atoms with Gasteiger partial charge in [-0.15, -0.1) is 10.2 Å². The zero-order valence-electron chi connectivity index (χ0n) is 13.4. The van der Waals surface area contributed by atoms with Crippen LogP contribution in [-0.2, 0) is 6.42 Å². The molecule has 2 aromatic rings. The van der Waals surface area contributed by atoms with Gasteiger partial charge in [0.05, 0.1) is 0 Å². The fraction of sp³-hybridized carbons (Fsp3) is 0.312. The Hall–Kier alpha value is -2.05. The first-order valence-corrected chi connectivity index (χ1v) is 8.28. The quantitative estimate of drug-likeness (QED) is 0.721. The molecule has 0 fully saturated rings. The molecule has 8 heteroatoms. The molecule has 0 saturated heterocycles. The van der Waals surface area contributed by atoms with Crippen molar-refractivity contribution in [1.82, 2.24) is 15.5 Å². The molecule has 0 aliphatic rings. The lowest BCUT2D eigenvalue weighted by atomic mass is 10.1. The van der Waals surface area contributed by atoms with Crippen molar-refractivity contribution in [1.29, 1.82) is 0 Å². The molecule has 0 spiro atoms. The molecule has 24 heavy (non-hydrogen) atoms. The molecule has 0 aliphatic carbocycles. The fourth-order valence-electron chi connectivity index (χ4n) is 1.96. The molecule has 0 radical (unpaired) electrons. The SMILES string of the molecule is CC(C)NC(=O)Nc1ccc(NCCc2ccc(Cl)cc2Cl)nn1. The van der Waals surface area contributed by atoms with E-state index in [9.17, 15) is 4.79 Å². The van der Waals surface area contributed by atoms with Gasteiger partial charge in [-0.3, -0.25) is 5.32 Å². The minimum Gasteiger partial charge on any atom is -0.368 e. The number of anilines is 2. The Balaban J connectivity index is 1.82. The number of amides is 2. The summed E-state index contributed by atoms with van der Waals surface area (Å²) in [5.41, 5.74) is 1.00. The first-order valence-electron chi connectivity index (χ1n) is 7.53. The zero-order chi connectivity index (χ0) is 17.5. The van der Waals surface area contributed by atoms with Crippen molar-refractivity contribution in [3.8, 4) is 0 Å². The van der Waals surface area contributed by atoms with E-state index in [2.05, 4.69) is 26.1 Å². The third kappa shape index (κ3) is 5.86. The molecule has 0 saturated carbocycles. The first kappa shape index (κ1) is 18.3.